The third kappa shape index (κ3) is 4.30. The van der Waals surface area contributed by atoms with Crippen LogP contribution >= 0.6 is 0 Å². The quantitative estimate of drug-likeness (QED) is 0.694. The van der Waals surface area contributed by atoms with E-state index in [9.17, 15) is 4.79 Å². The number of nitrogens with zero attached hydrogens (tertiary/aromatic N) is 1. The average molecular weight is 240 g/mol. The zero-order valence-corrected chi connectivity index (χ0v) is 11.8. The number of hydrogen-bond acceptors (Lipinski definition) is 2. The molecule has 0 aromatic heterocycles. The number of carbonyl (C=O) groups excluding carboxylic acids is 1. The van der Waals surface area contributed by atoms with Crippen molar-refractivity contribution in [2.45, 2.75) is 72.0 Å². The van der Waals surface area contributed by atoms with Gasteiger partial charge in [-0.3, -0.25) is 10.1 Å². The van der Waals surface area contributed by atoms with Crippen LogP contribution in [-0.4, -0.2) is 29.6 Å². The Morgan fingerprint density at radius 1 is 1.35 bits per heavy atom. The summed E-state index contributed by atoms with van der Waals surface area (Å²) in [6, 6.07) is 0.382. The Kier molecular flexibility index (Phi) is 5.96. The van der Waals surface area contributed by atoms with Gasteiger partial charge in [-0.2, -0.15) is 0 Å². The van der Waals surface area contributed by atoms with E-state index >= 15 is 0 Å². The van der Waals surface area contributed by atoms with E-state index < -0.39 is 0 Å². The number of rotatable bonds is 7. The third-order valence-corrected chi connectivity index (χ3v) is 3.51. The molecule has 3 heteroatoms. The first-order chi connectivity index (χ1) is 8.06. The molecule has 1 rings (SSSR count). The highest BCUT2D eigenvalue weighted by Gasteiger charge is 2.33. The van der Waals surface area contributed by atoms with E-state index in [1.807, 2.05) is 0 Å². The van der Waals surface area contributed by atoms with Crippen LogP contribution in [0.4, 0.5) is 0 Å². The standard InChI is InChI=1S/C14H28N2O/c1-5-6-7-8-12(4)16-13(9-11(2)3)15-10-14(16)17/h11-13,15H,5-10H2,1-4H3. The molecule has 0 aliphatic carbocycles. The lowest BCUT2D eigenvalue weighted by atomic mass is 10.0. The summed E-state index contributed by atoms with van der Waals surface area (Å²) >= 11 is 0. The number of carbonyl (C=O) groups is 1. The van der Waals surface area contributed by atoms with Crippen molar-refractivity contribution in [3.05, 3.63) is 0 Å². The van der Waals surface area contributed by atoms with Gasteiger partial charge in [-0.15, -0.1) is 0 Å². The minimum Gasteiger partial charge on any atom is -0.323 e. The molecule has 2 unspecified atom stereocenters. The first-order valence-corrected chi connectivity index (χ1v) is 7.10. The van der Waals surface area contributed by atoms with Gasteiger partial charge in [0, 0.05) is 6.04 Å². The molecule has 0 bridgehead atoms. The molecule has 0 spiro atoms. The molecule has 0 aromatic carbocycles. The van der Waals surface area contributed by atoms with Crippen molar-refractivity contribution < 1.29 is 4.79 Å². The third-order valence-electron chi connectivity index (χ3n) is 3.51. The molecular weight excluding hydrogens is 212 g/mol. The van der Waals surface area contributed by atoms with Gasteiger partial charge in [0.1, 0.15) is 0 Å². The van der Waals surface area contributed by atoms with Crippen molar-refractivity contribution in [2.75, 3.05) is 6.54 Å². The number of amides is 1. The summed E-state index contributed by atoms with van der Waals surface area (Å²) in [5.41, 5.74) is 0. The lowest BCUT2D eigenvalue weighted by molar-refractivity contribution is -0.130. The maximum Gasteiger partial charge on any atom is 0.238 e. The van der Waals surface area contributed by atoms with Crippen molar-refractivity contribution in [2.24, 2.45) is 5.92 Å². The van der Waals surface area contributed by atoms with Gasteiger partial charge in [-0.25, -0.2) is 0 Å². The Morgan fingerprint density at radius 2 is 2.06 bits per heavy atom. The van der Waals surface area contributed by atoms with Crippen molar-refractivity contribution >= 4 is 5.91 Å². The molecular formula is C14H28N2O. The number of hydrogen-bond donors (Lipinski definition) is 1. The molecule has 1 fully saturated rings. The van der Waals surface area contributed by atoms with Crippen LogP contribution in [0.1, 0.15) is 59.8 Å². The van der Waals surface area contributed by atoms with Gasteiger partial charge in [0.2, 0.25) is 5.91 Å². The van der Waals surface area contributed by atoms with Crippen molar-refractivity contribution in [3.8, 4) is 0 Å². The normalized spacial score (nSPS) is 22.5. The van der Waals surface area contributed by atoms with Gasteiger partial charge < -0.3 is 4.90 Å². The van der Waals surface area contributed by atoms with E-state index in [0.717, 1.165) is 12.8 Å². The molecule has 0 aromatic rings. The lowest BCUT2D eigenvalue weighted by Gasteiger charge is -2.31. The van der Waals surface area contributed by atoms with Crippen LogP contribution in [0, 0.1) is 5.92 Å². The first kappa shape index (κ1) is 14.5. The molecule has 2 atom stereocenters. The second kappa shape index (κ2) is 7.00. The number of nitrogens with one attached hydrogen (secondary N) is 1. The van der Waals surface area contributed by atoms with Crippen LogP contribution in [0.2, 0.25) is 0 Å². The maximum absolute atomic E-state index is 11.9. The fourth-order valence-electron chi connectivity index (χ4n) is 2.59. The second-order valence-electron chi connectivity index (χ2n) is 5.67. The van der Waals surface area contributed by atoms with E-state index in [-0.39, 0.29) is 12.1 Å². The van der Waals surface area contributed by atoms with Crippen LogP contribution in [-0.2, 0) is 4.79 Å². The predicted octanol–water partition coefficient (Wildman–Crippen LogP) is 2.76. The maximum atomic E-state index is 11.9. The fraction of sp³-hybridized carbons (Fsp3) is 0.929. The van der Waals surface area contributed by atoms with Crippen LogP contribution in [0.25, 0.3) is 0 Å². The highest BCUT2D eigenvalue weighted by Crippen LogP contribution is 2.20. The summed E-state index contributed by atoms with van der Waals surface area (Å²) in [4.78, 5) is 14.0. The summed E-state index contributed by atoms with van der Waals surface area (Å²) in [5.74, 6) is 0.906. The van der Waals surface area contributed by atoms with Crippen LogP contribution in [0.5, 0.6) is 0 Å². The van der Waals surface area contributed by atoms with E-state index in [0.29, 0.717) is 18.5 Å². The Hall–Kier alpha value is -0.570. The topological polar surface area (TPSA) is 32.3 Å². The largest absolute Gasteiger partial charge is 0.323 e. The minimum atomic E-state index is 0.263. The summed E-state index contributed by atoms with van der Waals surface area (Å²) in [5, 5.41) is 3.34. The van der Waals surface area contributed by atoms with Gasteiger partial charge in [-0.05, 0) is 25.7 Å². The molecule has 1 saturated heterocycles. The summed E-state index contributed by atoms with van der Waals surface area (Å²) in [6.45, 7) is 9.35. The Bertz CT molecular complexity index is 240. The van der Waals surface area contributed by atoms with Gasteiger partial charge >= 0.3 is 0 Å². The highest BCUT2D eigenvalue weighted by atomic mass is 16.2. The SMILES string of the molecule is CCCCCC(C)N1C(=O)CNC1CC(C)C. The predicted molar refractivity (Wildman–Crippen MR) is 71.7 cm³/mol. The van der Waals surface area contributed by atoms with E-state index in [1.54, 1.807) is 0 Å². The summed E-state index contributed by atoms with van der Waals surface area (Å²) in [6.07, 6.45) is 6.21. The van der Waals surface area contributed by atoms with Gasteiger partial charge in [0.25, 0.3) is 0 Å². The highest BCUT2D eigenvalue weighted by molar-refractivity contribution is 5.80. The molecule has 1 aliphatic rings. The summed E-state index contributed by atoms with van der Waals surface area (Å²) < 4.78 is 0. The van der Waals surface area contributed by atoms with Crippen LogP contribution in [0.15, 0.2) is 0 Å². The molecule has 1 N–H and O–H groups in total. The molecule has 100 valence electrons. The van der Waals surface area contributed by atoms with Gasteiger partial charge in [-0.1, -0.05) is 40.0 Å². The molecule has 1 aliphatic heterocycles. The zero-order valence-electron chi connectivity index (χ0n) is 11.8. The molecule has 1 heterocycles. The monoisotopic (exact) mass is 240 g/mol. The number of unbranched alkanes of at least 4 members (excludes halogenated alkanes) is 2. The van der Waals surface area contributed by atoms with Crippen molar-refractivity contribution in [1.82, 2.24) is 10.2 Å². The molecule has 17 heavy (non-hydrogen) atoms. The van der Waals surface area contributed by atoms with E-state index in [1.165, 1.54) is 19.3 Å². The van der Waals surface area contributed by atoms with E-state index in [4.69, 9.17) is 0 Å². The van der Waals surface area contributed by atoms with Gasteiger partial charge in [0.05, 0.1) is 12.7 Å². The Balaban J connectivity index is 2.48. The van der Waals surface area contributed by atoms with Gasteiger partial charge in [0.15, 0.2) is 0 Å². The lowest BCUT2D eigenvalue weighted by Crippen LogP contribution is -2.44. The van der Waals surface area contributed by atoms with Crippen molar-refractivity contribution in [1.29, 1.82) is 0 Å². The zero-order chi connectivity index (χ0) is 12.8. The minimum absolute atomic E-state index is 0.263. The smallest absolute Gasteiger partial charge is 0.238 e. The molecule has 3 nitrogen and oxygen atoms in total. The Labute approximate surface area is 106 Å². The molecule has 0 radical (unpaired) electrons. The second-order valence-corrected chi connectivity index (χ2v) is 5.67. The fourth-order valence-corrected chi connectivity index (χ4v) is 2.59. The Morgan fingerprint density at radius 3 is 2.65 bits per heavy atom. The molecule has 1 amide bonds. The van der Waals surface area contributed by atoms with Crippen molar-refractivity contribution in [3.63, 3.8) is 0 Å². The summed E-state index contributed by atoms with van der Waals surface area (Å²) in [7, 11) is 0. The average Bonchev–Trinajstić information content (AvgIpc) is 2.59. The molecule has 0 saturated carbocycles. The van der Waals surface area contributed by atoms with Crippen LogP contribution in [0.3, 0.4) is 0 Å². The first-order valence-electron chi connectivity index (χ1n) is 7.10. The van der Waals surface area contributed by atoms with E-state index in [2.05, 4.69) is 37.9 Å². The van der Waals surface area contributed by atoms with Crippen LogP contribution < -0.4 is 5.32 Å².